The maximum atomic E-state index is 13.6. The number of piperidine rings is 2. The van der Waals surface area contributed by atoms with Crippen molar-refractivity contribution in [1.82, 2.24) is 9.80 Å². The van der Waals surface area contributed by atoms with Gasteiger partial charge in [-0.3, -0.25) is 13.4 Å². The topological polar surface area (TPSA) is 223 Å². The third kappa shape index (κ3) is 33.2. The van der Waals surface area contributed by atoms with Crippen molar-refractivity contribution in [3.05, 3.63) is 181 Å². The summed E-state index contributed by atoms with van der Waals surface area (Å²) in [6.07, 6.45) is -4.84. The van der Waals surface area contributed by atoms with Gasteiger partial charge in [0, 0.05) is 59.9 Å². The van der Waals surface area contributed by atoms with Crippen molar-refractivity contribution in [2.24, 2.45) is 11.8 Å². The average Bonchev–Trinajstić information content (AvgIpc) is 0.800. The number of carbonyl (C=O) groups excluding carboxylic acids is 2. The van der Waals surface area contributed by atoms with Gasteiger partial charge in [0.2, 0.25) is 0 Å². The standard InChI is InChI=1S/C27H29F3N2O3S.C24H29F3N2O5S.C8H9Br.2C2H3N.CH2O3.2K.H2.H/c28-27(29,30)35-25-13-15-26(16-14-25)36(33,34)32(24-11-5-2-6-12-24)21-23-10-7-18-31(20-23)19-17-22-8-3-1-4-9-22;1-23(2,3)34-22(30)28-15-7-8-18(16-28)17-29(19-9-5-4-6-10-19)35(31,32)21-13-11-20(12-14-21)33-24(25,26)27;9-7-6-8-4-2-1-3-5-8;2*1-2-3;2-1-4-3;;;;/h1-6,8-9,11-16,23H,7,10,17-21H2;4-6,9-14,18H,7-8,15-17H2,1-3H3;1-5H,6-7H2;2*1H3;1,3H;;;1H;/q;;;;;;2*+1;;-1/p-1/i;;;;;;;;1+1;. The normalized spacial score (nSPS) is 14.5. The first-order valence-corrected chi connectivity index (χ1v) is 32.2. The number of likely N-dealkylation sites (tertiary alicyclic amines) is 2. The Morgan fingerprint density at radius 2 is 0.978 bits per heavy atom. The molecule has 2 fully saturated rings. The van der Waals surface area contributed by atoms with E-state index in [1.54, 1.807) is 92.4 Å². The maximum absolute atomic E-state index is 13.6. The summed E-state index contributed by atoms with van der Waals surface area (Å²) in [4.78, 5) is 27.5. The van der Waals surface area contributed by atoms with Crippen molar-refractivity contribution in [1.29, 1.82) is 10.5 Å². The van der Waals surface area contributed by atoms with Gasteiger partial charge in [-0.15, -0.1) is 26.3 Å². The van der Waals surface area contributed by atoms with Crippen molar-refractivity contribution in [2.45, 2.75) is 101 Å². The molecule has 0 spiro atoms. The number of para-hydroxylation sites is 2. The minimum atomic E-state index is -4.88. The van der Waals surface area contributed by atoms with E-state index < -0.39 is 56.0 Å². The molecule has 0 bridgehead atoms. The molecule has 1 amide bonds. The van der Waals surface area contributed by atoms with Gasteiger partial charge in [-0.05, 0) is 162 Å². The summed E-state index contributed by atoms with van der Waals surface area (Å²) in [5, 5.41) is 24.1. The number of hydrogen-bond donors (Lipinski definition) is 0. The third-order valence-corrected chi connectivity index (χ3v) is 16.8. The smallest absolute Gasteiger partial charge is 1.00 e. The zero-order chi connectivity index (χ0) is 66.8. The van der Waals surface area contributed by atoms with Crippen molar-refractivity contribution in [3.8, 4) is 23.6 Å². The zero-order valence-corrected chi connectivity index (χ0v) is 61.9. The number of rotatable bonds is 18. The summed E-state index contributed by atoms with van der Waals surface area (Å²) in [5.41, 5.74) is 2.96. The number of sulfonamides is 2. The van der Waals surface area contributed by atoms with Crippen LogP contribution in [0.25, 0.3) is 0 Å². The second-order valence-corrected chi connectivity index (χ2v) is 25.3. The second kappa shape index (κ2) is 44.2. The van der Waals surface area contributed by atoms with Gasteiger partial charge in [-0.1, -0.05) is 113 Å². The van der Waals surface area contributed by atoms with Crippen LogP contribution in [0.3, 0.4) is 0 Å². The first-order chi connectivity index (χ1) is 42.6. The Hall–Kier alpha value is -4.61. The number of hydrogen-bond acceptors (Lipinski definition) is 14. The van der Waals surface area contributed by atoms with Crippen LogP contribution >= 0.6 is 15.9 Å². The van der Waals surface area contributed by atoms with Crippen LogP contribution in [0.4, 0.5) is 42.5 Å². The molecular formula is C64H77BrF6K2N6O11S2. The van der Waals surface area contributed by atoms with E-state index in [-0.39, 0.29) is 147 Å². The molecule has 2 aliphatic rings. The number of nitriles is 2. The number of anilines is 2. The van der Waals surface area contributed by atoms with Gasteiger partial charge in [0.15, 0.2) is 0 Å². The Kier molecular flexibility index (Phi) is 41.0. The number of alkyl halides is 7. The summed E-state index contributed by atoms with van der Waals surface area (Å²) in [6.45, 7) is 11.9. The molecule has 2 aliphatic heterocycles. The molecule has 0 radical (unpaired) electrons. The van der Waals surface area contributed by atoms with E-state index in [9.17, 15) is 48.0 Å². The number of amides is 1. The number of ether oxygens (including phenoxy) is 3. The zero-order valence-electron chi connectivity index (χ0n) is 53.4. The van der Waals surface area contributed by atoms with Crippen molar-refractivity contribution < 1.29 is 183 Å². The first-order valence-electron chi connectivity index (χ1n) is 28.2. The first kappa shape index (κ1) is 85.4. The van der Waals surface area contributed by atoms with Gasteiger partial charge in [0.25, 0.3) is 26.5 Å². The minimum Gasteiger partial charge on any atom is -1.00 e. The average molecular weight is 1440 g/mol. The van der Waals surface area contributed by atoms with Crippen LogP contribution in [0, 0.1) is 34.5 Å². The molecule has 92 heavy (non-hydrogen) atoms. The van der Waals surface area contributed by atoms with Crippen molar-refractivity contribution >= 4 is 59.9 Å². The van der Waals surface area contributed by atoms with Crippen LogP contribution in [0.15, 0.2) is 180 Å². The summed E-state index contributed by atoms with van der Waals surface area (Å²) in [7, 11) is -8.13. The number of aryl methyl sites for hydroxylation is 1. The predicted molar refractivity (Wildman–Crippen MR) is 335 cm³/mol. The third-order valence-electron chi connectivity index (χ3n) is 12.8. The number of nitrogens with zero attached hydrogens (tertiary/aromatic N) is 6. The molecule has 0 saturated carbocycles. The van der Waals surface area contributed by atoms with E-state index in [4.69, 9.17) is 25.3 Å². The van der Waals surface area contributed by atoms with Gasteiger partial charge in [-0.25, -0.2) is 21.6 Å². The molecule has 2 atom stereocenters. The van der Waals surface area contributed by atoms with Crippen molar-refractivity contribution in [3.63, 3.8) is 0 Å². The van der Waals surface area contributed by atoms with Gasteiger partial charge >= 0.3 is 122 Å². The largest absolute Gasteiger partial charge is 1.00 e. The molecule has 28 heteroatoms. The van der Waals surface area contributed by atoms with E-state index in [0.717, 1.165) is 99.2 Å². The summed E-state index contributed by atoms with van der Waals surface area (Å²) < 4.78 is 145. The molecule has 0 N–H and O–H groups in total. The Morgan fingerprint density at radius 3 is 1.33 bits per heavy atom. The number of halogens is 7. The summed E-state index contributed by atoms with van der Waals surface area (Å²) in [5.74, 6) is -1.02. The van der Waals surface area contributed by atoms with Crippen LogP contribution in [0.5, 0.6) is 11.5 Å². The second-order valence-electron chi connectivity index (χ2n) is 20.8. The molecule has 2 heterocycles. The Labute approximate surface area is 632 Å². The van der Waals surface area contributed by atoms with Gasteiger partial charge in [0.05, 0.1) is 33.3 Å². The van der Waals surface area contributed by atoms with Crippen LogP contribution in [-0.4, -0.2) is 109 Å². The molecular weight excluding hydrogens is 1360 g/mol. The Morgan fingerprint density at radius 1 is 0.630 bits per heavy atom. The van der Waals surface area contributed by atoms with Gasteiger partial charge < -0.3 is 35.6 Å². The van der Waals surface area contributed by atoms with E-state index in [1.165, 1.54) is 33.6 Å². The SMILES string of the molecule is BrCCc1ccccc1.CC#N.CC#N.CC(C)(C)OC(=O)N1CCCC(CN(c2ccccc2)S(=O)(=O)c2ccc(OC(F)(F)F)cc2)C1.O=CO[O-].O=S(=O)(c1ccc(OC(F)(F)F)cc1)N(CC1CCCN(CCc2ccccc2)C1)c1ccccc1.[2HH].[H-].[K+].[K+]. The fourth-order valence-electron chi connectivity index (χ4n) is 9.12. The van der Waals surface area contributed by atoms with E-state index in [1.807, 2.05) is 30.3 Å². The quantitative estimate of drug-likeness (QED) is 0.0201. The summed E-state index contributed by atoms with van der Waals surface area (Å²) in [6, 6.07) is 49.9. The van der Waals surface area contributed by atoms with E-state index >= 15 is 0 Å². The van der Waals surface area contributed by atoms with Crippen LogP contribution in [-0.2, 0) is 47.3 Å². The minimum absolute atomic E-state index is 0. The molecule has 8 rings (SSSR count). The van der Waals surface area contributed by atoms with Crippen LogP contribution in [0.2, 0.25) is 0 Å². The van der Waals surface area contributed by atoms with Crippen molar-refractivity contribution in [2.75, 3.05) is 59.8 Å². The molecule has 0 aromatic heterocycles. The molecule has 492 valence electrons. The molecule has 6 aromatic carbocycles. The van der Waals surface area contributed by atoms with E-state index in [2.05, 4.69) is 71.6 Å². The van der Waals surface area contributed by atoms with Crippen LogP contribution in [0.1, 0.15) is 74.3 Å². The monoisotopic (exact) mass is 1440 g/mol. The molecule has 2 unspecified atom stereocenters. The molecule has 2 saturated heterocycles. The number of benzene rings is 6. The molecule has 17 nitrogen and oxygen atoms in total. The maximum Gasteiger partial charge on any atom is 1.00 e. The van der Waals surface area contributed by atoms with Gasteiger partial charge in [0.1, 0.15) is 17.1 Å². The summed E-state index contributed by atoms with van der Waals surface area (Å²) >= 11 is 3.39. The Bertz CT molecular complexity index is 3350. The predicted octanol–water partition coefficient (Wildman–Crippen LogP) is 7.65. The molecule has 6 aromatic rings. The van der Waals surface area contributed by atoms with Gasteiger partial charge in [-0.2, -0.15) is 10.5 Å². The van der Waals surface area contributed by atoms with E-state index in [0.29, 0.717) is 37.3 Å². The molecule has 0 aliphatic carbocycles. The fraction of sp³-hybridized carbons (Fsp3) is 0.375. The van der Waals surface area contributed by atoms with Crippen LogP contribution < -0.4 is 126 Å². The number of carbonyl (C=O) groups is 2. The fourth-order valence-corrected chi connectivity index (χ4v) is 12.7. The Balaban J connectivity index is 0.